The Balaban J connectivity index is 2.76. The lowest BCUT2D eigenvalue weighted by Crippen LogP contribution is -2.35. The summed E-state index contributed by atoms with van der Waals surface area (Å²) in [6.45, 7) is 9.22. The molecule has 0 radical (unpaired) electrons. The highest BCUT2D eigenvalue weighted by molar-refractivity contribution is 5.95. The quantitative estimate of drug-likeness (QED) is 0.815. The first-order valence-electron chi connectivity index (χ1n) is 6.71. The van der Waals surface area contributed by atoms with E-state index in [-0.39, 0.29) is 11.3 Å². The summed E-state index contributed by atoms with van der Waals surface area (Å²) in [7, 11) is 0. The Morgan fingerprint density at radius 3 is 2.68 bits per heavy atom. The van der Waals surface area contributed by atoms with Gasteiger partial charge in [0.2, 0.25) is 0 Å². The van der Waals surface area contributed by atoms with Gasteiger partial charge in [0.05, 0.1) is 17.0 Å². The SMILES string of the molecule is CCc1nnc(C)cc1C(=O)NCC(C)(C)CCN. The van der Waals surface area contributed by atoms with Crippen LogP contribution < -0.4 is 11.1 Å². The summed E-state index contributed by atoms with van der Waals surface area (Å²) in [6.07, 6.45) is 1.57. The normalized spacial score (nSPS) is 11.4. The molecule has 0 aliphatic carbocycles. The minimum atomic E-state index is -0.0834. The predicted molar refractivity (Wildman–Crippen MR) is 75.9 cm³/mol. The lowest BCUT2D eigenvalue weighted by atomic mass is 9.89. The van der Waals surface area contributed by atoms with Crippen LogP contribution >= 0.6 is 0 Å². The van der Waals surface area contributed by atoms with E-state index in [0.717, 1.165) is 17.8 Å². The number of hydrogen-bond donors (Lipinski definition) is 2. The van der Waals surface area contributed by atoms with Gasteiger partial charge in [-0.3, -0.25) is 4.79 Å². The molecule has 1 aromatic rings. The Morgan fingerprint density at radius 2 is 2.11 bits per heavy atom. The first-order chi connectivity index (χ1) is 8.89. The fraction of sp³-hybridized carbons (Fsp3) is 0.643. The van der Waals surface area contributed by atoms with Gasteiger partial charge in [-0.2, -0.15) is 10.2 Å². The molecule has 1 amide bonds. The maximum Gasteiger partial charge on any atom is 0.253 e. The van der Waals surface area contributed by atoms with Crippen molar-refractivity contribution in [3.8, 4) is 0 Å². The van der Waals surface area contributed by atoms with E-state index in [2.05, 4.69) is 29.4 Å². The van der Waals surface area contributed by atoms with Crippen molar-refractivity contribution >= 4 is 5.91 Å². The molecule has 0 aliphatic rings. The standard InChI is InChI=1S/C14H24N4O/c1-5-12-11(8-10(2)17-18-12)13(19)16-9-14(3,4)6-7-15/h8H,5-7,9,15H2,1-4H3,(H,16,19). The Morgan fingerprint density at radius 1 is 1.42 bits per heavy atom. The first-order valence-corrected chi connectivity index (χ1v) is 6.71. The van der Waals surface area contributed by atoms with Crippen LogP contribution in [-0.4, -0.2) is 29.2 Å². The van der Waals surface area contributed by atoms with Crippen molar-refractivity contribution in [1.29, 1.82) is 0 Å². The number of carbonyl (C=O) groups is 1. The highest BCUT2D eigenvalue weighted by Crippen LogP contribution is 2.18. The van der Waals surface area contributed by atoms with E-state index < -0.39 is 0 Å². The van der Waals surface area contributed by atoms with E-state index >= 15 is 0 Å². The number of nitrogens with zero attached hydrogens (tertiary/aromatic N) is 2. The van der Waals surface area contributed by atoms with E-state index in [9.17, 15) is 4.79 Å². The average Bonchev–Trinajstić information content (AvgIpc) is 2.36. The predicted octanol–water partition coefficient (Wildman–Crippen LogP) is 1.45. The maximum atomic E-state index is 12.2. The van der Waals surface area contributed by atoms with Crippen molar-refractivity contribution in [2.24, 2.45) is 11.1 Å². The van der Waals surface area contributed by atoms with Crippen LogP contribution in [0.15, 0.2) is 6.07 Å². The molecule has 5 heteroatoms. The second kappa shape index (κ2) is 6.61. The molecule has 1 aromatic heterocycles. The molecule has 3 N–H and O–H groups in total. The topological polar surface area (TPSA) is 80.9 Å². The molecular weight excluding hydrogens is 240 g/mol. The van der Waals surface area contributed by atoms with Crippen LogP contribution in [0.2, 0.25) is 0 Å². The summed E-state index contributed by atoms with van der Waals surface area (Å²) in [6, 6.07) is 1.79. The van der Waals surface area contributed by atoms with Crippen LogP contribution in [0, 0.1) is 12.3 Å². The fourth-order valence-electron chi connectivity index (χ4n) is 1.87. The van der Waals surface area contributed by atoms with Crippen molar-refractivity contribution in [3.63, 3.8) is 0 Å². The number of hydrogen-bond acceptors (Lipinski definition) is 4. The maximum absolute atomic E-state index is 12.2. The molecule has 106 valence electrons. The first kappa shape index (κ1) is 15.6. The van der Waals surface area contributed by atoms with Crippen molar-refractivity contribution < 1.29 is 4.79 Å². The van der Waals surface area contributed by atoms with Gasteiger partial charge in [-0.1, -0.05) is 20.8 Å². The minimum Gasteiger partial charge on any atom is -0.351 e. The van der Waals surface area contributed by atoms with Crippen LogP contribution in [0.25, 0.3) is 0 Å². The molecule has 5 nitrogen and oxygen atoms in total. The van der Waals surface area contributed by atoms with Crippen LogP contribution in [0.5, 0.6) is 0 Å². The van der Waals surface area contributed by atoms with E-state index in [4.69, 9.17) is 5.73 Å². The summed E-state index contributed by atoms with van der Waals surface area (Å²) in [5.41, 5.74) is 7.69. The number of nitrogens with one attached hydrogen (secondary N) is 1. The zero-order valence-electron chi connectivity index (χ0n) is 12.3. The van der Waals surface area contributed by atoms with Gasteiger partial charge in [-0.25, -0.2) is 0 Å². The van der Waals surface area contributed by atoms with Gasteiger partial charge >= 0.3 is 0 Å². The van der Waals surface area contributed by atoms with Crippen molar-refractivity contribution in [2.45, 2.75) is 40.5 Å². The Labute approximate surface area is 115 Å². The van der Waals surface area contributed by atoms with E-state index in [1.807, 2.05) is 13.8 Å². The molecular formula is C14H24N4O. The highest BCUT2D eigenvalue weighted by Gasteiger charge is 2.19. The largest absolute Gasteiger partial charge is 0.351 e. The van der Waals surface area contributed by atoms with Crippen LogP contribution in [0.3, 0.4) is 0 Å². The van der Waals surface area contributed by atoms with Gasteiger partial charge in [0.15, 0.2) is 0 Å². The number of nitrogens with two attached hydrogens (primary N) is 1. The number of aromatic nitrogens is 2. The van der Waals surface area contributed by atoms with E-state index in [1.54, 1.807) is 6.07 Å². The molecule has 0 spiro atoms. The third-order valence-electron chi connectivity index (χ3n) is 3.12. The third kappa shape index (κ3) is 4.59. The summed E-state index contributed by atoms with van der Waals surface area (Å²) >= 11 is 0. The molecule has 0 aromatic carbocycles. The third-order valence-corrected chi connectivity index (χ3v) is 3.12. The summed E-state index contributed by atoms with van der Waals surface area (Å²) in [5.74, 6) is -0.0834. The lowest BCUT2D eigenvalue weighted by Gasteiger charge is -2.24. The molecule has 0 saturated heterocycles. The number of rotatable bonds is 6. The summed E-state index contributed by atoms with van der Waals surface area (Å²) < 4.78 is 0. The van der Waals surface area contributed by atoms with Crippen LogP contribution in [0.4, 0.5) is 0 Å². The molecule has 0 atom stereocenters. The van der Waals surface area contributed by atoms with Gasteiger partial charge in [0.1, 0.15) is 0 Å². The molecule has 0 saturated carbocycles. The number of aryl methyl sites for hydroxylation is 2. The molecule has 0 bridgehead atoms. The van der Waals surface area contributed by atoms with Crippen LogP contribution in [-0.2, 0) is 6.42 Å². The monoisotopic (exact) mass is 264 g/mol. The number of carbonyl (C=O) groups excluding carboxylic acids is 1. The molecule has 1 rings (SSSR count). The summed E-state index contributed by atoms with van der Waals surface area (Å²) in [4.78, 5) is 12.2. The van der Waals surface area contributed by atoms with Gasteiger partial charge in [-0.05, 0) is 37.8 Å². The van der Waals surface area contributed by atoms with Crippen molar-refractivity contribution in [2.75, 3.05) is 13.1 Å². The Hall–Kier alpha value is -1.49. The van der Waals surface area contributed by atoms with Gasteiger partial charge in [0, 0.05) is 6.54 Å². The highest BCUT2D eigenvalue weighted by atomic mass is 16.1. The van der Waals surface area contributed by atoms with E-state index in [0.29, 0.717) is 25.1 Å². The van der Waals surface area contributed by atoms with Gasteiger partial charge in [0.25, 0.3) is 5.91 Å². The van der Waals surface area contributed by atoms with E-state index in [1.165, 1.54) is 0 Å². The molecule has 1 heterocycles. The fourth-order valence-corrected chi connectivity index (χ4v) is 1.87. The smallest absolute Gasteiger partial charge is 0.253 e. The van der Waals surface area contributed by atoms with Gasteiger partial charge in [-0.15, -0.1) is 0 Å². The Bertz CT molecular complexity index is 443. The minimum absolute atomic E-state index is 0.00624. The number of amides is 1. The molecule has 0 unspecified atom stereocenters. The Kier molecular flexibility index (Phi) is 5.42. The summed E-state index contributed by atoms with van der Waals surface area (Å²) in [5, 5.41) is 11.0. The van der Waals surface area contributed by atoms with Crippen LogP contribution in [0.1, 0.15) is 48.9 Å². The zero-order chi connectivity index (χ0) is 14.5. The van der Waals surface area contributed by atoms with Crippen molar-refractivity contribution in [3.05, 3.63) is 23.0 Å². The average molecular weight is 264 g/mol. The zero-order valence-corrected chi connectivity index (χ0v) is 12.3. The molecule has 0 fully saturated rings. The second-order valence-corrected chi connectivity index (χ2v) is 5.59. The lowest BCUT2D eigenvalue weighted by molar-refractivity contribution is 0.0933. The molecule has 0 aliphatic heterocycles. The molecule has 19 heavy (non-hydrogen) atoms. The second-order valence-electron chi connectivity index (χ2n) is 5.59. The van der Waals surface area contributed by atoms with Gasteiger partial charge < -0.3 is 11.1 Å². The van der Waals surface area contributed by atoms with Crippen molar-refractivity contribution in [1.82, 2.24) is 15.5 Å².